The minimum absolute atomic E-state index is 0.106. The smallest absolute Gasteiger partial charge is 0.271 e. The Balaban J connectivity index is 1.51. The molecule has 0 radical (unpaired) electrons. The van der Waals surface area contributed by atoms with E-state index < -0.39 is 34.7 Å². The van der Waals surface area contributed by atoms with Crippen LogP contribution in [0, 0.1) is 0 Å². The van der Waals surface area contributed by atoms with Crippen molar-refractivity contribution in [1.29, 1.82) is 0 Å². The molecule has 2 aliphatic heterocycles. The number of alkyl halides is 2. The average Bonchev–Trinajstić information content (AvgIpc) is 3.33. The molecule has 1 atom stereocenters. The Hall–Kier alpha value is -2.27. The third kappa shape index (κ3) is 5.29. The van der Waals surface area contributed by atoms with Crippen LogP contribution in [0.5, 0.6) is 5.75 Å². The van der Waals surface area contributed by atoms with Crippen LogP contribution in [0.4, 0.5) is 8.78 Å². The quantitative estimate of drug-likeness (QED) is 0.562. The summed E-state index contributed by atoms with van der Waals surface area (Å²) in [6, 6.07) is 3.70. The number of rotatable bonds is 7. The number of carbonyl (C=O) groups excluding carboxylic acids is 1. The summed E-state index contributed by atoms with van der Waals surface area (Å²) in [4.78, 5) is 21.0. The van der Waals surface area contributed by atoms with Crippen LogP contribution in [-0.4, -0.2) is 84.1 Å². The number of nitrogens with zero attached hydrogens (tertiary/aromatic N) is 4. The highest BCUT2D eigenvalue weighted by Gasteiger charge is 2.37. The number of halogens is 2. The topological polar surface area (TPSA) is 84.7 Å². The second-order valence-electron chi connectivity index (χ2n) is 9.02. The van der Waals surface area contributed by atoms with E-state index in [4.69, 9.17) is 4.74 Å². The van der Waals surface area contributed by atoms with E-state index >= 15 is 0 Å². The maximum Gasteiger partial charge on any atom is 0.271 e. The van der Waals surface area contributed by atoms with Gasteiger partial charge in [0.05, 0.1) is 19.1 Å². The van der Waals surface area contributed by atoms with E-state index in [-0.39, 0.29) is 24.4 Å². The van der Waals surface area contributed by atoms with Crippen molar-refractivity contribution in [3.63, 3.8) is 0 Å². The van der Waals surface area contributed by atoms with Crippen LogP contribution in [0.1, 0.15) is 49.5 Å². The summed E-state index contributed by atoms with van der Waals surface area (Å²) < 4.78 is 58.6. The number of hydrogen-bond donors (Lipinski definition) is 0. The Bertz CT molecular complexity index is 1120. The summed E-state index contributed by atoms with van der Waals surface area (Å²) in [5, 5.41) is 0.441. The summed E-state index contributed by atoms with van der Waals surface area (Å²) in [6.45, 7) is 4.53. The fraction of sp³-hybridized carbons (Fsp3) is 0.636. The van der Waals surface area contributed by atoms with Gasteiger partial charge in [-0.25, -0.2) is 26.2 Å². The Morgan fingerprint density at radius 2 is 1.97 bits per heavy atom. The lowest BCUT2D eigenvalue weighted by Gasteiger charge is -2.31. The number of hydrogen-bond acceptors (Lipinski definition) is 6. The van der Waals surface area contributed by atoms with Crippen LogP contribution in [0.2, 0.25) is 0 Å². The monoisotopic (exact) mass is 484 g/mol. The Morgan fingerprint density at radius 3 is 2.61 bits per heavy atom. The largest absolute Gasteiger partial charge is 0.492 e. The number of piperidine rings is 1. The number of pyridine rings is 1. The van der Waals surface area contributed by atoms with Crippen molar-refractivity contribution >= 4 is 27.0 Å². The molecule has 4 rings (SSSR count). The first-order chi connectivity index (χ1) is 15.5. The fourth-order valence-electron chi connectivity index (χ4n) is 4.60. The second kappa shape index (κ2) is 9.17. The molecule has 0 aromatic carbocycles. The molecule has 2 fully saturated rings. The molecule has 11 heteroatoms. The van der Waals surface area contributed by atoms with Crippen molar-refractivity contribution in [3.05, 3.63) is 24.0 Å². The molecule has 2 aromatic heterocycles. The molecule has 1 amide bonds. The highest BCUT2D eigenvalue weighted by atomic mass is 32.2. The zero-order valence-corrected chi connectivity index (χ0v) is 19.8. The molecule has 0 spiro atoms. The van der Waals surface area contributed by atoms with Crippen LogP contribution in [0.15, 0.2) is 18.3 Å². The van der Waals surface area contributed by atoms with Crippen LogP contribution in [-0.2, 0) is 10.0 Å². The first kappa shape index (κ1) is 23.9. The van der Waals surface area contributed by atoms with Gasteiger partial charge < -0.3 is 14.5 Å². The highest BCUT2D eigenvalue weighted by molar-refractivity contribution is 7.89. The van der Waals surface area contributed by atoms with Gasteiger partial charge in [0.2, 0.25) is 10.0 Å². The molecule has 0 saturated carbocycles. The molecule has 2 aliphatic rings. The van der Waals surface area contributed by atoms with Crippen molar-refractivity contribution < 1.29 is 26.7 Å². The predicted molar refractivity (Wildman–Crippen MR) is 120 cm³/mol. The van der Waals surface area contributed by atoms with E-state index in [9.17, 15) is 22.0 Å². The van der Waals surface area contributed by atoms with E-state index in [1.807, 2.05) is 0 Å². The van der Waals surface area contributed by atoms with E-state index in [0.717, 1.165) is 29.7 Å². The summed E-state index contributed by atoms with van der Waals surface area (Å²) in [6.07, 6.45) is 4.85. The standard InChI is InChI=1S/C22H30F2N4O4S/c1-16-5-3-8-26(16)9-4-12-32-18-13-17-14-19(28(33(2,30)31)20(17)25-15-18)21(29)27-10-6-22(23,24)7-11-27/h13-16H,3-12H2,1-2H3/t16-/m0/s1. The van der Waals surface area contributed by atoms with Gasteiger partial charge in [-0.05, 0) is 44.9 Å². The number of likely N-dealkylation sites (tertiary alicyclic amines) is 2. The highest BCUT2D eigenvalue weighted by Crippen LogP contribution is 2.30. The van der Waals surface area contributed by atoms with E-state index in [1.54, 1.807) is 6.07 Å². The minimum atomic E-state index is -3.86. The van der Waals surface area contributed by atoms with Crippen molar-refractivity contribution in [2.75, 3.05) is 39.0 Å². The zero-order chi connectivity index (χ0) is 23.8. The van der Waals surface area contributed by atoms with Crippen LogP contribution in [0.3, 0.4) is 0 Å². The summed E-state index contributed by atoms with van der Waals surface area (Å²) in [5.74, 6) is -2.92. The predicted octanol–water partition coefficient (Wildman–Crippen LogP) is 2.97. The zero-order valence-electron chi connectivity index (χ0n) is 19.0. The van der Waals surface area contributed by atoms with Gasteiger partial charge in [-0.2, -0.15) is 0 Å². The van der Waals surface area contributed by atoms with Crippen molar-refractivity contribution in [3.8, 4) is 5.75 Å². The second-order valence-corrected chi connectivity index (χ2v) is 10.8. The SMILES string of the molecule is C[C@H]1CCCN1CCCOc1cnc2c(c1)cc(C(=O)N1CCC(F)(F)CC1)n2S(C)(=O)=O. The van der Waals surface area contributed by atoms with Gasteiger partial charge in [-0.15, -0.1) is 0 Å². The first-order valence-electron chi connectivity index (χ1n) is 11.3. The maximum atomic E-state index is 13.5. The van der Waals surface area contributed by atoms with Crippen LogP contribution >= 0.6 is 0 Å². The molecule has 0 aliphatic carbocycles. The van der Waals surface area contributed by atoms with E-state index in [2.05, 4.69) is 16.8 Å². The minimum Gasteiger partial charge on any atom is -0.492 e. The summed E-state index contributed by atoms with van der Waals surface area (Å²) in [5.41, 5.74) is 0.00631. The fourth-order valence-corrected chi connectivity index (χ4v) is 5.55. The normalized spacial score (nSPS) is 21.6. The Labute approximate surface area is 192 Å². The molecule has 0 unspecified atom stereocenters. The van der Waals surface area contributed by atoms with Gasteiger partial charge in [0, 0.05) is 43.9 Å². The third-order valence-electron chi connectivity index (χ3n) is 6.46. The average molecular weight is 485 g/mol. The number of amides is 1. The summed E-state index contributed by atoms with van der Waals surface area (Å²) >= 11 is 0. The van der Waals surface area contributed by atoms with Crippen molar-refractivity contribution in [2.24, 2.45) is 0 Å². The van der Waals surface area contributed by atoms with Gasteiger partial charge in [-0.1, -0.05) is 0 Å². The molecule has 2 saturated heterocycles. The molecule has 2 aromatic rings. The lowest BCUT2D eigenvalue weighted by Crippen LogP contribution is -2.43. The molecule has 33 heavy (non-hydrogen) atoms. The molecule has 8 nitrogen and oxygen atoms in total. The maximum absolute atomic E-state index is 13.5. The van der Waals surface area contributed by atoms with Gasteiger partial charge >= 0.3 is 0 Å². The molecule has 0 bridgehead atoms. The van der Waals surface area contributed by atoms with Gasteiger partial charge in [0.1, 0.15) is 11.4 Å². The lowest BCUT2D eigenvalue weighted by molar-refractivity contribution is -0.0495. The molecule has 0 N–H and O–H groups in total. The lowest BCUT2D eigenvalue weighted by atomic mass is 10.1. The summed E-state index contributed by atoms with van der Waals surface area (Å²) in [7, 11) is -3.86. The third-order valence-corrected chi connectivity index (χ3v) is 7.49. The number of aromatic nitrogens is 2. The Morgan fingerprint density at radius 1 is 1.24 bits per heavy atom. The van der Waals surface area contributed by atoms with E-state index in [0.29, 0.717) is 23.8 Å². The van der Waals surface area contributed by atoms with E-state index in [1.165, 1.54) is 30.0 Å². The number of carbonyl (C=O) groups is 1. The molecular weight excluding hydrogens is 454 g/mol. The van der Waals surface area contributed by atoms with Crippen LogP contribution < -0.4 is 4.74 Å². The van der Waals surface area contributed by atoms with Gasteiger partial charge in [-0.3, -0.25) is 4.79 Å². The molecule has 182 valence electrons. The number of fused-ring (bicyclic) bond motifs is 1. The van der Waals surface area contributed by atoms with Crippen molar-refractivity contribution in [1.82, 2.24) is 18.8 Å². The molecular formula is C22H30F2N4O4S. The molecule has 4 heterocycles. The van der Waals surface area contributed by atoms with Crippen LogP contribution in [0.25, 0.3) is 11.0 Å². The van der Waals surface area contributed by atoms with Gasteiger partial charge in [0.15, 0.2) is 5.65 Å². The van der Waals surface area contributed by atoms with Crippen molar-refractivity contribution in [2.45, 2.75) is 51.0 Å². The van der Waals surface area contributed by atoms with Gasteiger partial charge in [0.25, 0.3) is 11.8 Å². The number of ether oxygens (including phenoxy) is 1. The Kier molecular flexibility index (Phi) is 6.63. The first-order valence-corrected chi connectivity index (χ1v) is 13.2.